The molecule has 3 aromatic carbocycles. The van der Waals surface area contributed by atoms with Gasteiger partial charge in [0.1, 0.15) is 17.5 Å². The van der Waals surface area contributed by atoms with Crippen LogP contribution in [0.25, 0.3) is 22.2 Å². The average molecular weight is 467 g/mol. The fourth-order valence-electron chi connectivity index (χ4n) is 4.40. The maximum atomic E-state index is 15.5. The van der Waals surface area contributed by atoms with Gasteiger partial charge < -0.3 is 11.5 Å². The van der Waals surface area contributed by atoms with Crippen molar-refractivity contribution in [2.24, 2.45) is 7.05 Å². The molecule has 7 heteroatoms. The Labute approximate surface area is 203 Å². The topological polar surface area (TPSA) is 95.6 Å². The minimum atomic E-state index is -0.628. The van der Waals surface area contributed by atoms with Crippen LogP contribution >= 0.6 is 0 Å². The zero-order valence-electron chi connectivity index (χ0n) is 19.9. The number of nitrogens with zero attached hydrogens (tertiary/aromatic N) is 4. The molecule has 0 aliphatic heterocycles. The van der Waals surface area contributed by atoms with E-state index in [2.05, 4.69) is 18.9 Å². The first-order chi connectivity index (χ1) is 16.8. The molecule has 0 radical (unpaired) electrons. The van der Waals surface area contributed by atoms with Crippen LogP contribution in [0, 0.1) is 5.82 Å². The first-order valence-corrected chi connectivity index (χ1v) is 11.5. The monoisotopic (exact) mass is 466 g/mol. The molecule has 0 aliphatic carbocycles. The largest absolute Gasteiger partial charge is 0.399 e. The highest BCUT2D eigenvalue weighted by atomic mass is 19.1. The highest BCUT2D eigenvalue weighted by molar-refractivity contribution is 5.93. The van der Waals surface area contributed by atoms with Gasteiger partial charge in [-0.15, -0.1) is 0 Å². The number of hydrogen-bond donors (Lipinski definition) is 2. The lowest BCUT2D eigenvalue weighted by atomic mass is 9.89. The second kappa shape index (κ2) is 8.83. The van der Waals surface area contributed by atoms with Gasteiger partial charge in [0.15, 0.2) is 5.82 Å². The zero-order chi connectivity index (χ0) is 24.7. The summed E-state index contributed by atoms with van der Waals surface area (Å²) in [4.78, 5) is 9.57. The smallest absolute Gasteiger partial charge is 0.181 e. The number of fused-ring (bicyclic) bond motifs is 1. The molecule has 1 unspecified atom stereocenters. The molecule has 6 nitrogen and oxygen atoms in total. The molecule has 5 rings (SSSR count). The standard InChI is InChI=1S/C28H27FN6/c1-16(2)18-9-12-23(29)22(14-18)25(24-15-19-13-20(30)10-11-21(19)26(31)32-24)28-33-27(34-35(28)3)17-7-5-4-6-8-17/h4-16,25H,30H2,1-3H3,(H2,31,32). The van der Waals surface area contributed by atoms with Crippen LogP contribution in [0.5, 0.6) is 0 Å². The van der Waals surface area contributed by atoms with Crippen LogP contribution in [-0.4, -0.2) is 19.7 Å². The Morgan fingerprint density at radius 1 is 0.886 bits per heavy atom. The fourth-order valence-corrected chi connectivity index (χ4v) is 4.40. The Morgan fingerprint density at radius 2 is 1.66 bits per heavy atom. The van der Waals surface area contributed by atoms with Gasteiger partial charge in [0, 0.05) is 29.2 Å². The number of anilines is 2. The SMILES string of the molecule is CC(C)c1ccc(F)c(C(c2cc3cc(N)ccc3c(N)n2)c2nc(-c3ccccc3)nn2C)c1. The molecular formula is C28H27FN6. The second-order valence-corrected chi connectivity index (χ2v) is 9.06. The Morgan fingerprint density at radius 3 is 2.40 bits per heavy atom. The van der Waals surface area contributed by atoms with Crippen LogP contribution < -0.4 is 11.5 Å². The number of pyridine rings is 1. The van der Waals surface area contributed by atoms with E-state index in [1.807, 2.05) is 67.7 Å². The van der Waals surface area contributed by atoms with Crippen molar-refractivity contribution in [2.75, 3.05) is 11.5 Å². The molecule has 0 fully saturated rings. The van der Waals surface area contributed by atoms with E-state index >= 15 is 4.39 Å². The molecule has 0 saturated heterocycles. The summed E-state index contributed by atoms with van der Waals surface area (Å²) in [6.07, 6.45) is 0. The van der Waals surface area contributed by atoms with Crippen molar-refractivity contribution in [3.63, 3.8) is 0 Å². The molecule has 176 valence electrons. The maximum absolute atomic E-state index is 15.5. The Hall–Kier alpha value is -4.26. The Kier molecular flexibility index (Phi) is 5.68. The van der Waals surface area contributed by atoms with Crippen molar-refractivity contribution >= 4 is 22.3 Å². The predicted octanol–water partition coefficient (Wildman–Crippen LogP) is 5.64. The van der Waals surface area contributed by atoms with E-state index in [1.54, 1.807) is 10.7 Å². The van der Waals surface area contributed by atoms with Gasteiger partial charge in [-0.05, 0) is 47.2 Å². The molecule has 2 heterocycles. The number of rotatable bonds is 5. The summed E-state index contributed by atoms with van der Waals surface area (Å²) < 4.78 is 17.1. The average Bonchev–Trinajstić information content (AvgIpc) is 3.21. The quantitative estimate of drug-likeness (QED) is 0.327. The van der Waals surface area contributed by atoms with Gasteiger partial charge in [0.05, 0.1) is 11.6 Å². The van der Waals surface area contributed by atoms with Crippen LogP contribution in [0.3, 0.4) is 0 Å². The van der Waals surface area contributed by atoms with Crippen LogP contribution in [0.2, 0.25) is 0 Å². The molecule has 0 spiro atoms. The van der Waals surface area contributed by atoms with E-state index in [4.69, 9.17) is 21.4 Å². The summed E-state index contributed by atoms with van der Waals surface area (Å²) in [5.41, 5.74) is 16.0. The fraction of sp³-hybridized carbons (Fsp3) is 0.179. The van der Waals surface area contributed by atoms with E-state index in [1.165, 1.54) is 6.07 Å². The lowest BCUT2D eigenvalue weighted by molar-refractivity contribution is 0.590. The van der Waals surface area contributed by atoms with E-state index in [0.717, 1.165) is 21.9 Å². The second-order valence-electron chi connectivity index (χ2n) is 9.06. The molecule has 2 aromatic heterocycles. The summed E-state index contributed by atoms with van der Waals surface area (Å²) in [6.45, 7) is 4.16. The van der Waals surface area contributed by atoms with Crippen LogP contribution in [0.4, 0.5) is 15.9 Å². The molecule has 35 heavy (non-hydrogen) atoms. The third kappa shape index (κ3) is 4.21. The van der Waals surface area contributed by atoms with E-state index in [-0.39, 0.29) is 11.7 Å². The summed E-state index contributed by atoms with van der Waals surface area (Å²) in [5.74, 6) is 0.746. The Bertz CT molecular complexity index is 1520. The number of nitrogen functional groups attached to an aromatic ring is 2. The predicted molar refractivity (Wildman–Crippen MR) is 138 cm³/mol. The van der Waals surface area contributed by atoms with Crippen molar-refractivity contribution in [3.8, 4) is 11.4 Å². The lowest BCUT2D eigenvalue weighted by Gasteiger charge is -2.20. The molecule has 0 saturated carbocycles. The van der Waals surface area contributed by atoms with E-state index in [0.29, 0.717) is 34.4 Å². The number of aromatic nitrogens is 4. The molecule has 5 aromatic rings. The third-order valence-electron chi connectivity index (χ3n) is 6.28. The lowest BCUT2D eigenvalue weighted by Crippen LogP contribution is -2.15. The Balaban J connectivity index is 1.77. The first kappa shape index (κ1) is 22.5. The van der Waals surface area contributed by atoms with Gasteiger partial charge in [0.25, 0.3) is 0 Å². The molecule has 4 N–H and O–H groups in total. The van der Waals surface area contributed by atoms with Gasteiger partial charge in [0.2, 0.25) is 0 Å². The number of hydrogen-bond acceptors (Lipinski definition) is 5. The molecule has 1 atom stereocenters. The van der Waals surface area contributed by atoms with Gasteiger partial charge in [-0.2, -0.15) is 5.10 Å². The molecular weight excluding hydrogens is 439 g/mol. The molecule has 0 aliphatic rings. The van der Waals surface area contributed by atoms with Crippen molar-refractivity contribution < 1.29 is 4.39 Å². The van der Waals surface area contributed by atoms with Gasteiger partial charge >= 0.3 is 0 Å². The van der Waals surface area contributed by atoms with E-state index < -0.39 is 5.92 Å². The van der Waals surface area contributed by atoms with Crippen LogP contribution in [-0.2, 0) is 7.05 Å². The highest BCUT2D eigenvalue weighted by Gasteiger charge is 2.28. The maximum Gasteiger partial charge on any atom is 0.181 e. The normalized spacial score (nSPS) is 12.4. The van der Waals surface area contributed by atoms with Crippen LogP contribution in [0.15, 0.2) is 72.8 Å². The van der Waals surface area contributed by atoms with Gasteiger partial charge in [-0.3, -0.25) is 4.68 Å². The summed E-state index contributed by atoms with van der Waals surface area (Å²) >= 11 is 0. The number of aryl methyl sites for hydroxylation is 1. The highest BCUT2D eigenvalue weighted by Crippen LogP contribution is 2.36. The molecule has 0 bridgehead atoms. The van der Waals surface area contributed by atoms with Crippen molar-refractivity contribution in [3.05, 3.63) is 101 Å². The first-order valence-electron chi connectivity index (χ1n) is 11.5. The van der Waals surface area contributed by atoms with Crippen molar-refractivity contribution in [1.82, 2.24) is 19.7 Å². The van der Waals surface area contributed by atoms with Crippen molar-refractivity contribution in [1.29, 1.82) is 0 Å². The summed E-state index contributed by atoms with van der Waals surface area (Å²) in [5, 5.41) is 6.27. The summed E-state index contributed by atoms with van der Waals surface area (Å²) in [6, 6.07) is 22.3. The van der Waals surface area contributed by atoms with Gasteiger partial charge in [-0.25, -0.2) is 14.4 Å². The van der Waals surface area contributed by atoms with Gasteiger partial charge in [-0.1, -0.05) is 56.3 Å². The summed E-state index contributed by atoms with van der Waals surface area (Å²) in [7, 11) is 1.81. The van der Waals surface area contributed by atoms with Crippen molar-refractivity contribution in [2.45, 2.75) is 25.7 Å². The minimum absolute atomic E-state index is 0.226. The number of benzene rings is 3. The minimum Gasteiger partial charge on any atom is -0.399 e. The number of nitrogens with two attached hydrogens (primary N) is 2. The zero-order valence-corrected chi connectivity index (χ0v) is 19.9. The van der Waals surface area contributed by atoms with Crippen LogP contribution in [0.1, 0.15) is 48.3 Å². The number of halogens is 1. The molecule has 0 amide bonds. The van der Waals surface area contributed by atoms with E-state index in [9.17, 15) is 0 Å². The third-order valence-corrected chi connectivity index (χ3v) is 6.28.